The largest absolute Gasteiger partial charge is 0.340 e. The molecule has 3 heterocycles. The van der Waals surface area contributed by atoms with E-state index in [9.17, 15) is 8.78 Å². The van der Waals surface area contributed by atoms with Crippen LogP contribution in [0.3, 0.4) is 0 Å². The van der Waals surface area contributed by atoms with E-state index in [2.05, 4.69) is 21.0 Å². The lowest BCUT2D eigenvalue weighted by atomic mass is 10.0. The second-order valence-electron chi connectivity index (χ2n) is 6.69. The lowest BCUT2D eigenvalue weighted by Gasteiger charge is -2.37. The Balaban J connectivity index is 1.78. The first kappa shape index (κ1) is 18.5. The van der Waals surface area contributed by atoms with E-state index in [1.165, 1.54) is 12.4 Å². The normalized spacial score (nSPS) is 19.0. The molecule has 0 saturated carbocycles. The lowest BCUT2D eigenvalue weighted by molar-refractivity contribution is -0.0395. The first-order chi connectivity index (χ1) is 13.4. The first-order valence-corrected chi connectivity index (χ1v) is 9.00. The molecule has 1 aromatic carbocycles. The van der Waals surface area contributed by atoms with Crippen LogP contribution in [0, 0.1) is 11.3 Å². The summed E-state index contributed by atoms with van der Waals surface area (Å²) in [4.78, 5) is 14.8. The Bertz CT molecular complexity index is 1060. The molecular formula is C18H16ClF2N7. The van der Waals surface area contributed by atoms with Crippen molar-refractivity contribution in [3.63, 3.8) is 0 Å². The molecule has 0 unspecified atom stereocenters. The van der Waals surface area contributed by atoms with Gasteiger partial charge in [0, 0.05) is 31.9 Å². The number of benzene rings is 1. The number of hydrogen-bond acceptors (Lipinski definition) is 6. The van der Waals surface area contributed by atoms with Crippen molar-refractivity contribution < 1.29 is 8.78 Å². The SMILES string of the molecule is N#Cc1ccc2c(c1)nc(N1CCC(F)(F)[C@H](N)C1)n2Cc1ncc(Cl)cn1. The van der Waals surface area contributed by atoms with Crippen LogP contribution in [0.2, 0.25) is 5.02 Å². The smallest absolute Gasteiger partial charge is 0.266 e. The maximum atomic E-state index is 13.8. The van der Waals surface area contributed by atoms with E-state index in [4.69, 9.17) is 22.6 Å². The number of fused-ring (bicyclic) bond motifs is 1. The highest BCUT2D eigenvalue weighted by atomic mass is 35.5. The molecule has 1 saturated heterocycles. The number of hydrogen-bond donors (Lipinski definition) is 1. The summed E-state index contributed by atoms with van der Waals surface area (Å²) < 4.78 is 29.5. The summed E-state index contributed by atoms with van der Waals surface area (Å²) in [5, 5.41) is 9.57. The minimum absolute atomic E-state index is 0.0249. The topological polar surface area (TPSA) is 96.7 Å². The van der Waals surface area contributed by atoms with Crippen LogP contribution in [0.25, 0.3) is 11.0 Å². The van der Waals surface area contributed by atoms with E-state index >= 15 is 0 Å². The number of nitriles is 1. The molecule has 144 valence electrons. The number of aromatic nitrogens is 4. The Morgan fingerprint density at radius 3 is 2.75 bits per heavy atom. The van der Waals surface area contributed by atoms with Crippen molar-refractivity contribution in [1.82, 2.24) is 19.5 Å². The average Bonchev–Trinajstić information content (AvgIpc) is 3.03. The number of rotatable bonds is 3. The van der Waals surface area contributed by atoms with Crippen molar-refractivity contribution in [3.05, 3.63) is 47.0 Å². The first-order valence-electron chi connectivity index (χ1n) is 8.62. The van der Waals surface area contributed by atoms with E-state index in [0.717, 1.165) is 5.52 Å². The Kier molecular flexibility index (Phi) is 4.61. The van der Waals surface area contributed by atoms with Gasteiger partial charge >= 0.3 is 0 Å². The predicted octanol–water partition coefficient (Wildman–Crippen LogP) is 2.57. The fourth-order valence-corrected chi connectivity index (χ4v) is 3.36. The van der Waals surface area contributed by atoms with E-state index < -0.39 is 12.0 Å². The summed E-state index contributed by atoms with van der Waals surface area (Å²) in [6.07, 6.45) is 2.64. The van der Waals surface area contributed by atoms with Gasteiger partial charge in [0.15, 0.2) is 0 Å². The molecule has 1 fully saturated rings. The van der Waals surface area contributed by atoms with Crippen molar-refractivity contribution in [1.29, 1.82) is 5.26 Å². The molecule has 10 heteroatoms. The molecule has 0 amide bonds. The van der Waals surface area contributed by atoms with Crippen LogP contribution in [0.4, 0.5) is 14.7 Å². The number of nitrogens with two attached hydrogens (primary N) is 1. The van der Waals surface area contributed by atoms with Crippen molar-refractivity contribution >= 4 is 28.6 Å². The molecule has 1 atom stereocenters. The van der Waals surface area contributed by atoms with Gasteiger partial charge in [0.2, 0.25) is 5.95 Å². The molecule has 1 aliphatic rings. The van der Waals surface area contributed by atoms with Gasteiger partial charge in [-0.1, -0.05) is 11.6 Å². The van der Waals surface area contributed by atoms with Gasteiger partial charge in [0.1, 0.15) is 5.82 Å². The molecule has 0 aliphatic carbocycles. The summed E-state index contributed by atoms with van der Waals surface area (Å²) >= 11 is 5.85. The highest BCUT2D eigenvalue weighted by Crippen LogP contribution is 2.31. The molecule has 28 heavy (non-hydrogen) atoms. The highest BCUT2D eigenvalue weighted by molar-refractivity contribution is 6.30. The average molecular weight is 404 g/mol. The number of nitrogens with zero attached hydrogens (tertiary/aromatic N) is 6. The number of alkyl halides is 2. The van der Waals surface area contributed by atoms with Gasteiger partial charge in [-0.25, -0.2) is 23.7 Å². The number of halogens is 3. The Labute approximate surface area is 164 Å². The third-order valence-electron chi connectivity index (χ3n) is 4.79. The van der Waals surface area contributed by atoms with Crippen LogP contribution in [-0.2, 0) is 6.54 Å². The third kappa shape index (κ3) is 3.37. The van der Waals surface area contributed by atoms with E-state index in [1.807, 2.05) is 4.57 Å². The van der Waals surface area contributed by atoms with Crippen LogP contribution in [0.1, 0.15) is 17.8 Å². The summed E-state index contributed by atoms with van der Waals surface area (Å²) in [5.74, 6) is -1.91. The fourth-order valence-electron chi connectivity index (χ4n) is 3.26. The minimum atomic E-state index is -2.90. The molecule has 2 aromatic heterocycles. The third-order valence-corrected chi connectivity index (χ3v) is 4.98. The van der Waals surface area contributed by atoms with Gasteiger partial charge in [-0.3, -0.25) is 0 Å². The molecule has 0 bridgehead atoms. The van der Waals surface area contributed by atoms with E-state index in [0.29, 0.717) is 27.9 Å². The van der Waals surface area contributed by atoms with Crippen molar-refractivity contribution in [2.24, 2.45) is 5.73 Å². The van der Waals surface area contributed by atoms with Gasteiger partial charge < -0.3 is 15.2 Å². The van der Waals surface area contributed by atoms with Gasteiger partial charge in [0.25, 0.3) is 5.92 Å². The Hall–Kier alpha value is -2.83. The van der Waals surface area contributed by atoms with Crippen molar-refractivity contribution in [2.75, 3.05) is 18.0 Å². The zero-order valence-electron chi connectivity index (χ0n) is 14.7. The summed E-state index contributed by atoms with van der Waals surface area (Å²) in [7, 11) is 0. The van der Waals surface area contributed by atoms with Gasteiger partial charge in [-0.2, -0.15) is 5.26 Å². The molecule has 7 nitrogen and oxygen atoms in total. The monoisotopic (exact) mass is 403 g/mol. The Morgan fingerprint density at radius 2 is 2.07 bits per heavy atom. The molecule has 4 rings (SSSR count). The standard InChI is InChI=1S/C18H16ClF2N7/c19-12-7-24-16(25-8-12)10-28-14-2-1-11(6-22)5-13(14)26-17(28)27-4-3-18(20,21)15(23)9-27/h1-2,5,7-8,15H,3-4,9-10,23H2/t15-/m1/s1. The zero-order chi connectivity index (χ0) is 19.9. The maximum absolute atomic E-state index is 13.8. The molecular weight excluding hydrogens is 388 g/mol. The number of anilines is 1. The van der Waals surface area contributed by atoms with Crippen LogP contribution in [0.15, 0.2) is 30.6 Å². The minimum Gasteiger partial charge on any atom is -0.340 e. The summed E-state index contributed by atoms with van der Waals surface area (Å²) in [5.41, 5.74) is 7.49. The molecule has 1 aliphatic heterocycles. The van der Waals surface area contributed by atoms with Crippen LogP contribution in [-0.4, -0.2) is 44.6 Å². The van der Waals surface area contributed by atoms with E-state index in [1.54, 1.807) is 23.1 Å². The quantitative estimate of drug-likeness (QED) is 0.722. The Morgan fingerprint density at radius 1 is 1.32 bits per heavy atom. The lowest BCUT2D eigenvalue weighted by Crippen LogP contribution is -2.55. The number of imidazole rings is 1. The molecule has 0 radical (unpaired) electrons. The fraction of sp³-hybridized carbons (Fsp3) is 0.333. The van der Waals surface area contributed by atoms with Crippen molar-refractivity contribution in [2.45, 2.75) is 24.9 Å². The second kappa shape index (κ2) is 6.96. The molecule has 2 N–H and O–H groups in total. The predicted molar refractivity (Wildman–Crippen MR) is 100 cm³/mol. The van der Waals surface area contributed by atoms with Gasteiger partial charge in [-0.05, 0) is 18.2 Å². The van der Waals surface area contributed by atoms with Gasteiger partial charge in [-0.15, -0.1) is 0 Å². The second-order valence-corrected chi connectivity index (χ2v) is 7.13. The summed E-state index contributed by atoms with van der Waals surface area (Å²) in [6, 6.07) is 5.92. The van der Waals surface area contributed by atoms with Gasteiger partial charge in [0.05, 0.1) is 40.3 Å². The molecule has 0 spiro atoms. The zero-order valence-corrected chi connectivity index (χ0v) is 15.4. The summed E-state index contributed by atoms with van der Waals surface area (Å²) in [6.45, 7) is 0.372. The van der Waals surface area contributed by atoms with E-state index in [-0.39, 0.29) is 26.1 Å². The van der Waals surface area contributed by atoms with Crippen LogP contribution < -0.4 is 10.6 Å². The van der Waals surface area contributed by atoms with Crippen LogP contribution >= 0.6 is 11.6 Å². The van der Waals surface area contributed by atoms with Crippen LogP contribution in [0.5, 0.6) is 0 Å². The number of piperidine rings is 1. The highest BCUT2D eigenvalue weighted by Gasteiger charge is 2.42. The van der Waals surface area contributed by atoms with Crippen molar-refractivity contribution in [3.8, 4) is 6.07 Å². The maximum Gasteiger partial charge on any atom is 0.266 e. The molecule has 3 aromatic rings.